The summed E-state index contributed by atoms with van der Waals surface area (Å²) < 4.78 is 6.82. The van der Waals surface area contributed by atoms with E-state index in [1.807, 2.05) is 55.5 Å². The summed E-state index contributed by atoms with van der Waals surface area (Å²) in [4.78, 5) is 12.3. The summed E-state index contributed by atoms with van der Waals surface area (Å²) in [5.74, 6) is 0.534. The van der Waals surface area contributed by atoms with Gasteiger partial charge in [-0.05, 0) is 62.6 Å². The van der Waals surface area contributed by atoms with Crippen molar-refractivity contribution in [1.82, 2.24) is 5.32 Å². The van der Waals surface area contributed by atoms with Crippen LogP contribution in [0.4, 0.5) is 5.69 Å². The van der Waals surface area contributed by atoms with Crippen molar-refractivity contribution in [2.75, 3.05) is 11.9 Å². The molecule has 0 spiro atoms. The second-order valence-electron chi connectivity index (χ2n) is 7.76. The lowest BCUT2D eigenvalue weighted by Gasteiger charge is -2.17. The van der Waals surface area contributed by atoms with E-state index in [9.17, 15) is 4.79 Å². The van der Waals surface area contributed by atoms with Gasteiger partial charge in [0, 0.05) is 28.3 Å². The Labute approximate surface area is 193 Å². The van der Waals surface area contributed by atoms with E-state index >= 15 is 0 Å². The van der Waals surface area contributed by atoms with Gasteiger partial charge in [-0.3, -0.25) is 4.79 Å². The van der Waals surface area contributed by atoms with Crippen LogP contribution in [-0.4, -0.2) is 18.6 Å². The largest absolute Gasteiger partial charge is 0.483 e. The number of hydrogen-bond donors (Lipinski definition) is 2. The molecule has 0 heterocycles. The first kappa shape index (κ1) is 23.0. The third kappa shape index (κ3) is 7.85. The fraction of sp³-hybridized carbons (Fsp3) is 0.269. The lowest BCUT2D eigenvalue weighted by molar-refractivity contribution is -0.118. The summed E-state index contributed by atoms with van der Waals surface area (Å²) >= 11 is 3.53. The number of benzene rings is 3. The highest BCUT2D eigenvalue weighted by molar-refractivity contribution is 9.10. The van der Waals surface area contributed by atoms with Crippen molar-refractivity contribution < 1.29 is 9.53 Å². The molecule has 0 bridgehead atoms. The number of ether oxygens (including phenoxy) is 1. The Bertz CT molecular complexity index is 974. The van der Waals surface area contributed by atoms with Gasteiger partial charge in [-0.25, -0.2) is 0 Å². The lowest BCUT2D eigenvalue weighted by Crippen LogP contribution is -2.26. The molecule has 3 rings (SSSR count). The van der Waals surface area contributed by atoms with E-state index in [0.29, 0.717) is 18.3 Å². The van der Waals surface area contributed by atoms with Gasteiger partial charge in [0.05, 0.1) is 0 Å². The van der Waals surface area contributed by atoms with Gasteiger partial charge in [-0.2, -0.15) is 0 Å². The molecule has 0 aliphatic carbocycles. The minimum Gasteiger partial charge on any atom is -0.483 e. The number of nitrogens with one attached hydrogen (secondary N) is 2. The first-order chi connectivity index (χ1) is 15.0. The maximum absolute atomic E-state index is 12.3. The highest BCUT2D eigenvalue weighted by Crippen LogP contribution is 2.23. The van der Waals surface area contributed by atoms with E-state index in [0.717, 1.165) is 34.1 Å². The fourth-order valence-corrected chi connectivity index (χ4v) is 3.63. The predicted molar refractivity (Wildman–Crippen MR) is 131 cm³/mol. The molecule has 1 amide bonds. The topological polar surface area (TPSA) is 50.4 Å². The van der Waals surface area contributed by atoms with Gasteiger partial charge in [-0.1, -0.05) is 64.0 Å². The van der Waals surface area contributed by atoms with Crippen molar-refractivity contribution in [3.63, 3.8) is 0 Å². The number of amides is 1. The highest BCUT2D eigenvalue weighted by atomic mass is 79.9. The predicted octanol–water partition coefficient (Wildman–Crippen LogP) is 5.89. The lowest BCUT2D eigenvalue weighted by atomic mass is 10.1. The molecule has 2 N–H and O–H groups in total. The van der Waals surface area contributed by atoms with Crippen molar-refractivity contribution in [3.8, 4) is 5.75 Å². The molecule has 0 radical (unpaired) electrons. The van der Waals surface area contributed by atoms with Crippen molar-refractivity contribution in [2.24, 2.45) is 0 Å². The Morgan fingerprint density at radius 1 is 1.03 bits per heavy atom. The Morgan fingerprint density at radius 2 is 1.77 bits per heavy atom. The highest BCUT2D eigenvalue weighted by Gasteiger charge is 2.10. The van der Waals surface area contributed by atoms with Gasteiger partial charge in [-0.15, -0.1) is 0 Å². The first-order valence-electron chi connectivity index (χ1n) is 10.5. The third-order valence-electron chi connectivity index (χ3n) is 5.07. The summed E-state index contributed by atoms with van der Waals surface area (Å²) in [5.41, 5.74) is 4.29. The number of rotatable bonds is 10. The monoisotopic (exact) mass is 480 g/mol. The van der Waals surface area contributed by atoms with Crippen LogP contribution in [0.5, 0.6) is 5.75 Å². The van der Waals surface area contributed by atoms with E-state index in [4.69, 9.17) is 4.74 Å². The normalized spacial score (nSPS) is 11.7. The van der Waals surface area contributed by atoms with Crippen LogP contribution in [0.2, 0.25) is 0 Å². The molecule has 1 unspecified atom stereocenters. The molecular formula is C26H29BrN2O2. The number of hydrogen-bond acceptors (Lipinski definition) is 3. The molecule has 0 aromatic heterocycles. The second kappa shape index (κ2) is 11.7. The van der Waals surface area contributed by atoms with Gasteiger partial charge < -0.3 is 15.4 Å². The maximum Gasteiger partial charge on any atom is 0.262 e. The number of aryl methyl sites for hydroxylation is 2. The van der Waals surface area contributed by atoms with Gasteiger partial charge in [0.15, 0.2) is 6.61 Å². The molecule has 31 heavy (non-hydrogen) atoms. The number of halogens is 1. The molecule has 0 fully saturated rings. The minimum atomic E-state index is -0.179. The zero-order chi connectivity index (χ0) is 22.1. The average molecular weight is 481 g/mol. The summed E-state index contributed by atoms with van der Waals surface area (Å²) in [6.07, 6.45) is 2.09. The third-order valence-corrected chi connectivity index (χ3v) is 5.56. The second-order valence-corrected chi connectivity index (χ2v) is 8.68. The van der Waals surface area contributed by atoms with E-state index in [1.54, 1.807) is 0 Å². The van der Waals surface area contributed by atoms with Crippen LogP contribution < -0.4 is 15.4 Å². The van der Waals surface area contributed by atoms with Crippen molar-refractivity contribution in [2.45, 2.75) is 39.3 Å². The summed E-state index contributed by atoms with van der Waals surface area (Å²) in [7, 11) is 0. The maximum atomic E-state index is 12.3. The summed E-state index contributed by atoms with van der Waals surface area (Å²) in [5, 5.41) is 6.43. The minimum absolute atomic E-state index is 0.0356. The van der Waals surface area contributed by atoms with Crippen LogP contribution in [0.1, 0.15) is 30.0 Å². The molecule has 0 saturated heterocycles. The molecule has 0 aliphatic heterocycles. The van der Waals surface area contributed by atoms with E-state index < -0.39 is 0 Å². The number of carbonyl (C=O) groups excluding carboxylic acids is 1. The van der Waals surface area contributed by atoms with Crippen LogP contribution in [0.3, 0.4) is 0 Å². The number of anilines is 1. The Kier molecular flexibility index (Phi) is 8.68. The Balaban J connectivity index is 1.51. The Hall–Kier alpha value is -2.63. The van der Waals surface area contributed by atoms with Gasteiger partial charge >= 0.3 is 0 Å². The molecule has 0 aliphatic rings. The standard InChI is InChI=1S/C26H29BrN2O2/c1-19-8-13-24(14-9-19)29-26(30)18-31-25-15-12-23(27)16-22(25)17-28-20(2)10-11-21-6-4-3-5-7-21/h3-9,12-16,20,28H,10-11,17-18H2,1-2H3,(H,29,30). The molecule has 3 aromatic carbocycles. The van der Waals surface area contributed by atoms with E-state index in [2.05, 4.69) is 57.8 Å². The molecule has 5 heteroatoms. The Morgan fingerprint density at radius 3 is 2.52 bits per heavy atom. The number of carbonyl (C=O) groups is 1. The van der Waals surface area contributed by atoms with Gasteiger partial charge in [0.2, 0.25) is 0 Å². The fourth-order valence-electron chi connectivity index (χ4n) is 3.22. The first-order valence-corrected chi connectivity index (χ1v) is 11.3. The smallest absolute Gasteiger partial charge is 0.262 e. The van der Waals surface area contributed by atoms with Gasteiger partial charge in [0.25, 0.3) is 5.91 Å². The van der Waals surface area contributed by atoms with Gasteiger partial charge in [0.1, 0.15) is 5.75 Å². The summed E-state index contributed by atoms with van der Waals surface area (Å²) in [6, 6.07) is 24.4. The molecular weight excluding hydrogens is 452 g/mol. The molecule has 162 valence electrons. The zero-order valence-corrected chi connectivity index (χ0v) is 19.6. The molecule has 0 saturated carbocycles. The molecule has 3 aromatic rings. The van der Waals surface area contributed by atoms with Crippen LogP contribution in [0, 0.1) is 6.92 Å². The van der Waals surface area contributed by atoms with Crippen LogP contribution in [0.15, 0.2) is 77.3 Å². The molecule has 4 nitrogen and oxygen atoms in total. The zero-order valence-electron chi connectivity index (χ0n) is 18.0. The van der Waals surface area contributed by atoms with Crippen molar-refractivity contribution in [1.29, 1.82) is 0 Å². The van der Waals surface area contributed by atoms with Crippen LogP contribution >= 0.6 is 15.9 Å². The summed E-state index contributed by atoms with van der Waals surface area (Å²) in [6.45, 7) is 4.84. The quantitative estimate of drug-likeness (QED) is 0.380. The van der Waals surface area contributed by atoms with Crippen molar-refractivity contribution >= 4 is 27.5 Å². The molecule has 1 atom stereocenters. The van der Waals surface area contributed by atoms with Crippen LogP contribution in [-0.2, 0) is 17.8 Å². The van der Waals surface area contributed by atoms with E-state index in [-0.39, 0.29) is 12.5 Å². The average Bonchev–Trinajstić information content (AvgIpc) is 2.78. The SMILES string of the molecule is Cc1ccc(NC(=O)COc2ccc(Br)cc2CNC(C)CCc2ccccc2)cc1. The van der Waals surface area contributed by atoms with E-state index in [1.165, 1.54) is 5.56 Å². The van der Waals surface area contributed by atoms with Crippen LogP contribution in [0.25, 0.3) is 0 Å². The van der Waals surface area contributed by atoms with Crippen molar-refractivity contribution in [3.05, 3.63) is 94.0 Å².